The molecule has 0 spiro atoms. The number of carboxylic acid groups (broad SMARTS) is 3. The summed E-state index contributed by atoms with van der Waals surface area (Å²) in [5, 5.41) is 28.4. The molecular weight excluding hydrogens is 326 g/mol. The molecule has 25 heavy (non-hydrogen) atoms. The first-order valence-electron chi connectivity index (χ1n) is 8.83. The quantitative estimate of drug-likeness (QED) is 0.265. The highest BCUT2D eigenvalue weighted by molar-refractivity contribution is 5.77. The summed E-state index contributed by atoms with van der Waals surface area (Å²) in [6.07, 6.45) is 8.81. The molecule has 0 aromatic heterocycles. The zero-order chi connectivity index (χ0) is 19.6. The smallest absolute Gasteiger partial charge is 0.362 e. The molecule has 0 fully saturated rings. The number of carbonyl (C=O) groups is 3. The maximum absolute atomic E-state index is 11.6. The van der Waals surface area contributed by atoms with Gasteiger partial charge in [0.25, 0.3) is 0 Å². The Bertz CT molecular complexity index is 438. The Morgan fingerprint density at radius 1 is 0.800 bits per heavy atom. The van der Waals surface area contributed by atoms with Crippen LogP contribution in [0.2, 0.25) is 0 Å². The van der Waals surface area contributed by atoms with Gasteiger partial charge in [0.05, 0.1) is 6.54 Å². The van der Waals surface area contributed by atoms with Gasteiger partial charge in [0.1, 0.15) is 0 Å². The molecule has 3 N–H and O–H groups in total. The van der Waals surface area contributed by atoms with Crippen LogP contribution in [0.4, 0.5) is 0 Å². The molecule has 0 saturated carbocycles. The van der Waals surface area contributed by atoms with Gasteiger partial charge in [-0.25, -0.2) is 14.4 Å². The predicted molar refractivity (Wildman–Crippen MR) is 94.3 cm³/mol. The van der Waals surface area contributed by atoms with E-state index in [-0.39, 0.29) is 6.54 Å². The van der Waals surface area contributed by atoms with Crippen molar-refractivity contribution in [1.29, 1.82) is 0 Å². The monoisotopic (exact) mass is 358 g/mol. The Balaban J connectivity index is 5.54. The van der Waals surface area contributed by atoms with Crippen LogP contribution in [0, 0.1) is 0 Å². The average molecular weight is 358 g/mol. The van der Waals surface area contributed by atoms with Crippen LogP contribution >= 0.6 is 0 Å². The zero-order valence-electron chi connectivity index (χ0n) is 15.6. The predicted octanol–water partition coefficient (Wildman–Crippen LogP) is 2.75. The molecule has 144 valence electrons. The Labute approximate surface area is 149 Å². The fourth-order valence-electron chi connectivity index (χ4n) is 3.16. The summed E-state index contributed by atoms with van der Waals surface area (Å²) in [4.78, 5) is 34.7. The van der Waals surface area contributed by atoms with E-state index in [0.29, 0.717) is 0 Å². The minimum Gasteiger partial charge on any atom is -0.477 e. The normalized spacial score (nSPS) is 17.6. The lowest BCUT2D eigenvalue weighted by atomic mass is 10.0. The Morgan fingerprint density at radius 3 is 1.60 bits per heavy atom. The molecule has 0 aliphatic rings. The lowest BCUT2D eigenvalue weighted by Gasteiger charge is -2.46. The van der Waals surface area contributed by atoms with Gasteiger partial charge in [0.2, 0.25) is 0 Å². The number of unbranched alkanes of at least 4 members (excludes halogenated alkanes) is 4. The third-order valence-electron chi connectivity index (χ3n) is 5.05. The minimum absolute atomic E-state index is 0.0438. The molecule has 0 aliphatic carbocycles. The second-order valence-electron chi connectivity index (χ2n) is 6.54. The first-order valence-corrected chi connectivity index (χ1v) is 8.83. The van der Waals surface area contributed by atoms with Crippen molar-refractivity contribution in [3.8, 4) is 0 Å². The van der Waals surface area contributed by atoms with E-state index in [9.17, 15) is 29.7 Å². The highest BCUT2D eigenvalue weighted by Crippen LogP contribution is 2.26. The fraction of sp³-hybridized carbons (Fsp3) is 0.722. The van der Waals surface area contributed by atoms with Crippen LogP contribution in [0.3, 0.4) is 0 Å². The molecule has 0 amide bonds. The van der Waals surface area contributed by atoms with Crippen molar-refractivity contribution < 1.29 is 34.2 Å². The molecule has 3 unspecified atom stereocenters. The molecule has 7 nitrogen and oxygen atoms in total. The number of hydrogen-bond acceptors (Lipinski definition) is 3. The van der Waals surface area contributed by atoms with Crippen LogP contribution in [-0.2, 0) is 14.4 Å². The number of quaternary nitrogens is 1. The van der Waals surface area contributed by atoms with Gasteiger partial charge < -0.3 is 15.3 Å². The van der Waals surface area contributed by atoms with Gasteiger partial charge in [-0.05, 0) is 39.7 Å². The van der Waals surface area contributed by atoms with Gasteiger partial charge in [-0.2, -0.15) is 0 Å². The highest BCUT2D eigenvalue weighted by atomic mass is 16.4. The first-order chi connectivity index (χ1) is 11.6. The van der Waals surface area contributed by atoms with Gasteiger partial charge in [0, 0.05) is 0 Å². The van der Waals surface area contributed by atoms with E-state index in [4.69, 9.17) is 0 Å². The largest absolute Gasteiger partial charge is 0.477 e. The van der Waals surface area contributed by atoms with E-state index in [1.807, 2.05) is 6.08 Å². The van der Waals surface area contributed by atoms with Crippen LogP contribution in [-0.4, -0.2) is 62.4 Å². The van der Waals surface area contributed by atoms with Gasteiger partial charge in [-0.3, -0.25) is 4.48 Å². The number of hydrogen-bond donors (Lipinski definition) is 3. The molecule has 0 heterocycles. The van der Waals surface area contributed by atoms with E-state index in [1.165, 1.54) is 20.8 Å². The van der Waals surface area contributed by atoms with Gasteiger partial charge in [-0.1, -0.05) is 32.3 Å². The van der Waals surface area contributed by atoms with E-state index in [0.717, 1.165) is 32.1 Å². The highest BCUT2D eigenvalue weighted by Gasteiger charge is 2.52. The first kappa shape index (κ1) is 23.1. The van der Waals surface area contributed by atoms with Gasteiger partial charge >= 0.3 is 17.9 Å². The maximum Gasteiger partial charge on any atom is 0.362 e. The Hall–Kier alpha value is -1.89. The maximum atomic E-state index is 11.6. The van der Waals surface area contributed by atoms with E-state index < -0.39 is 40.5 Å². The Morgan fingerprint density at radius 2 is 1.24 bits per heavy atom. The molecule has 0 aromatic carbocycles. The molecule has 0 radical (unpaired) electrons. The van der Waals surface area contributed by atoms with Crippen LogP contribution in [0.15, 0.2) is 12.2 Å². The van der Waals surface area contributed by atoms with E-state index in [2.05, 4.69) is 6.92 Å². The summed E-state index contributed by atoms with van der Waals surface area (Å²) >= 11 is 0. The molecule has 7 heteroatoms. The number of carboxylic acids is 3. The van der Waals surface area contributed by atoms with Crippen molar-refractivity contribution in [2.24, 2.45) is 0 Å². The number of nitrogens with zero attached hydrogens (tertiary/aromatic N) is 1. The van der Waals surface area contributed by atoms with E-state index >= 15 is 0 Å². The summed E-state index contributed by atoms with van der Waals surface area (Å²) < 4.78 is -0.564. The van der Waals surface area contributed by atoms with Crippen molar-refractivity contribution in [1.82, 2.24) is 0 Å². The summed E-state index contributed by atoms with van der Waals surface area (Å²) in [6.45, 7) is 6.28. The third-order valence-corrected chi connectivity index (χ3v) is 5.05. The Kier molecular flexibility index (Phi) is 10.0. The molecule has 0 aliphatic heterocycles. The minimum atomic E-state index is -1.21. The molecule has 3 atom stereocenters. The van der Waals surface area contributed by atoms with Crippen molar-refractivity contribution >= 4 is 17.9 Å². The number of allylic oxidation sites excluding steroid dienone is 1. The van der Waals surface area contributed by atoms with Crippen molar-refractivity contribution in [3.63, 3.8) is 0 Å². The third kappa shape index (κ3) is 6.16. The molecular formula is C18H32NO6+. The summed E-state index contributed by atoms with van der Waals surface area (Å²) in [5.41, 5.74) is 0. The van der Waals surface area contributed by atoms with Crippen molar-refractivity contribution in [3.05, 3.63) is 12.2 Å². The number of aliphatic carboxylic acids is 3. The SMILES string of the molecule is CCCCCC/C=C/C[N+](C(C)C(=O)O)(C(C)C(=O)O)C(C)C(=O)O. The summed E-state index contributed by atoms with van der Waals surface area (Å²) in [5.74, 6) is -3.63. The van der Waals surface area contributed by atoms with Gasteiger partial charge in [0.15, 0.2) is 18.1 Å². The van der Waals surface area contributed by atoms with Crippen LogP contribution in [0.1, 0.15) is 59.8 Å². The second kappa shape index (κ2) is 10.9. The topological polar surface area (TPSA) is 112 Å². The lowest BCUT2D eigenvalue weighted by Crippen LogP contribution is -2.70. The number of rotatable bonds is 13. The second-order valence-corrected chi connectivity index (χ2v) is 6.54. The van der Waals surface area contributed by atoms with Crippen molar-refractivity contribution in [2.75, 3.05) is 6.54 Å². The zero-order valence-corrected chi connectivity index (χ0v) is 15.6. The molecule has 0 aromatic rings. The van der Waals surface area contributed by atoms with Crippen LogP contribution in [0.25, 0.3) is 0 Å². The van der Waals surface area contributed by atoms with Crippen LogP contribution in [0.5, 0.6) is 0 Å². The van der Waals surface area contributed by atoms with Crippen LogP contribution < -0.4 is 0 Å². The standard InChI is InChI=1S/C18H31NO6/c1-5-6-7-8-9-10-11-12-19(13(2)16(20)21,14(3)17(22)23)15(4)18(24)25/h10-11,13-15H,5-9,12H2,1-4H3,(H2-,20,21,22,23,24,25)/p+1/b11-10+. The van der Waals surface area contributed by atoms with Crippen molar-refractivity contribution in [2.45, 2.75) is 77.9 Å². The summed E-state index contributed by atoms with van der Waals surface area (Å²) in [7, 11) is 0. The lowest BCUT2D eigenvalue weighted by molar-refractivity contribution is -0.962. The van der Waals surface area contributed by atoms with E-state index in [1.54, 1.807) is 6.08 Å². The molecule has 0 rings (SSSR count). The van der Waals surface area contributed by atoms with Gasteiger partial charge in [-0.15, -0.1) is 0 Å². The fourth-order valence-corrected chi connectivity index (χ4v) is 3.16. The molecule has 0 bridgehead atoms. The summed E-state index contributed by atoms with van der Waals surface area (Å²) in [6, 6.07) is -3.49. The average Bonchev–Trinajstić information content (AvgIpc) is 2.55. The molecule has 0 saturated heterocycles.